The summed E-state index contributed by atoms with van der Waals surface area (Å²) in [6.07, 6.45) is 1.30. The fraction of sp³-hybridized carbons (Fsp3) is 0.529. The molecule has 1 aliphatic heterocycles. The fourth-order valence-corrected chi connectivity index (χ4v) is 3.18. The molecule has 1 aliphatic rings. The Kier molecular flexibility index (Phi) is 5.24. The first-order chi connectivity index (χ1) is 10.7. The number of nitrogens with zero attached hydrogens (tertiary/aromatic N) is 1. The van der Waals surface area contributed by atoms with Crippen LogP contribution in [0.25, 0.3) is 0 Å². The maximum absolute atomic E-state index is 12.9. The van der Waals surface area contributed by atoms with Crippen LogP contribution in [0.1, 0.15) is 37.6 Å². The molecule has 3 atom stereocenters. The van der Waals surface area contributed by atoms with Crippen molar-refractivity contribution in [2.75, 3.05) is 12.0 Å². The lowest BCUT2D eigenvalue weighted by Gasteiger charge is -2.34. The molecule has 23 heavy (non-hydrogen) atoms. The maximum atomic E-state index is 12.9. The first kappa shape index (κ1) is 17.7. The van der Waals surface area contributed by atoms with E-state index in [0.717, 1.165) is 0 Å². The summed E-state index contributed by atoms with van der Waals surface area (Å²) in [6, 6.07) is 8.17. The molecule has 1 aromatic rings. The Morgan fingerprint density at radius 2 is 1.87 bits per heavy atom. The number of hydrogen-bond donors (Lipinski definition) is 0. The van der Waals surface area contributed by atoms with Gasteiger partial charge < -0.3 is 4.74 Å². The molecule has 0 spiro atoms. The van der Waals surface area contributed by atoms with E-state index in [2.05, 4.69) is 0 Å². The Morgan fingerprint density at radius 3 is 2.39 bits per heavy atom. The molecule has 0 radical (unpaired) electrons. The van der Waals surface area contributed by atoms with E-state index in [1.807, 2.05) is 26.8 Å². The van der Waals surface area contributed by atoms with E-state index in [-0.39, 0.29) is 5.91 Å². The maximum Gasteiger partial charge on any atom is 0.330 e. The Balaban J connectivity index is 2.35. The minimum absolute atomic E-state index is 0.233. The molecule has 6 heteroatoms. The summed E-state index contributed by atoms with van der Waals surface area (Å²) >= 11 is 0. The number of carbonyl (C=O) groups excluding carboxylic acids is 2. The normalized spacial score (nSPS) is 22.8. The Morgan fingerprint density at radius 1 is 1.26 bits per heavy atom. The smallest absolute Gasteiger partial charge is 0.330 e. The molecule has 1 amide bonds. The van der Waals surface area contributed by atoms with Crippen molar-refractivity contribution in [2.45, 2.75) is 39.5 Å². The minimum Gasteiger partial charge on any atom is -0.439 e. The molecule has 1 heterocycles. The second kappa shape index (κ2) is 6.83. The molecular weight excluding hydrogens is 314 g/mol. The van der Waals surface area contributed by atoms with Crippen LogP contribution in [-0.4, -0.2) is 45.3 Å². The van der Waals surface area contributed by atoms with Crippen LogP contribution in [0.15, 0.2) is 30.3 Å². The van der Waals surface area contributed by atoms with Crippen molar-refractivity contribution < 1.29 is 18.5 Å². The van der Waals surface area contributed by atoms with Crippen molar-refractivity contribution in [3.63, 3.8) is 0 Å². The van der Waals surface area contributed by atoms with Crippen LogP contribution in [0.3, 0.4) is 0 Å². The third kappa shape index (κ3) is 3.99. The molecule has 1 saturated heterocycles. The lowest BCUT2D eigenvalue weighted by atomic mass is 9.92. The monoisotopic (exact) mass is 337 g/mol. The molecule has 0 aliphatic carbocycles. The fourth-order valence-electron chi connectivity index (χ4n) is 2.63. The van der Waals surface area contributed by atoms with E-state index in [1.165, 1.54) is 4.90 Å². The summed E-state index contributed by atoms with van der Waals surface area (Å²) in [5.41, 5.74) is 0.114. The number of rotatable bonds is 4. The highest BCUT2D eigenvalue weighted by atomic mass is 32.2. The Hall–Kier alpha value is -1.69. The zero-order valence-electron chi connectivity index (χ0n) is 13.9. The minimum atomic E-state index is -1.03. The predicted molar refractivity (Wildman–Crippen MR) is 89.3 cm³/mol. The highest BCUT2D eigenvalue weighted by Gasteiger charge is 2.49. The molecule has 0 N–H and O–H groups in total. The van der Waals surface area contributed by atoms with Crippen molar-refractivity contribution in [3.8, 4) is 0 Å². The summed E-state index contributed by atoms with van der Waals surface area (Å²) in [5.74, 6) is -0.294. The van der Waals surface area contributed by atoms with E-state index in [1.54, 1.807) is 30.5 Å². The van der Waals surface area contributed by atoms with Gasteiger partial charge in [-0.05, 0) is 18.6 Å². The van der Waals surface area contributed by atoms with Gasteiger partial charge in [0.15, 0.2) is 6.23 Å². The highest BCUT2D eigenvalue weighted by Crippen LogP contribution is 2.34. The average molecular weight is 337 g/mol. The van der Waals surface area contributed by atoms with E-state index < -0.39 is 34.5 Å². The average Bonchev–Trinajstić information content (AvgIpc) is 2.82. The zero-order chi connectivity index (χ0) is 17.2. The van der Waals surface area contributed by atoms with Crippen LogP contribution in [0.4, 0.5) is 0 Å². The third-order valence-electron chi connectivity index (χ3n) is 3.76. The summed E-state index contributed by atoms with van der Waals surface area (Å²) < 4.78 is 16.9. The molecule has 0 aromatic heterocycles. The number of hydrogen-bond acceptors (Lipinski definition) is 4. The van der Waals surface area contributed by atoms with E-state index in [0.29, 0.717) is 17.7 Å². The van der Waals surface area contributed by atoms with Gasteiger partial charge in [0.05, 0.1) is 0 Å². The van der Waals surface area contributed by atoms with Crippen LogP contribution >= 0.6 is 0 Å². The van der Waals surface area contributed by atoms with Crippen LogP contribution in [0, 0.1) is 5.41 Å². The number of benzene rings is 1. The summed E-state index contributed by atoms with van der Waals surface area (Å²) in [7, 11) is -1.03. The van der Waals surface area contributed by atoms with Crippen LogP contribution < -0.4 is 0 Å². The van der Waals surface area contributed by atoms with E-state index in [4.69, 9.17) is 4.74 Å². The van der Waals surface area contributed by atoms with E-state index in [9.17, 15) is 13.8 Å². The molecule has 2 rings (SSSR count). The van der Waals surface area contributed by atoms with Crippen molar-refractivity contribution in [3.05, 3.63) is 35.9 Å². The third-order valence-corrected chi connectivity index (χ3v) is 4.57. The van der Waals surface area contributed by atoms with Gasteiger partial charge in [0.2, 0.25) is 0 Å². The predicted octanol–water partition coefficient (Wildman–Crippen LogP) is 2.19. The van der Waals surface area contributed by atoms with Gasteiger partial charge in [0.1, 0.15) is 6.04 Å². The van der Waals surface area contributed by atoms with Gasteiger partial charge in [0, 0.05) is 33.8 Å². The highest BCUT2D eigenvalue weighted by molar-refractivity contribution is 7.84. The molecule has 1 aromatic carbocycles. The van der Waals surface area contributed by atoms with Crippen LogP contribution in [0.2, 0.25) is 0 Å². The second-order valence-corrected chi connectivity index (χ2v) is 8.37. The summed E-state index contributed by atoms with van der Waals surface area (Å²) in [5, 5.41) is 0. The van der Waals surface area contributed by atoms with Crippen LogP contribution in [-0.2, 0) is 20.3 Å². The van der Waals surface area contributed by atoms with Crippen molar-refractivity contribution >= 4 is 22.7 Å². The van der Waals surface area contributed by atoms with Crippen molar-refractivity contribution in [1.82, 2.24) is 4.90 Å². The largest absolute Gasteiger partial charge is 0.439 e. The molecule has 1 fully saturated rings. The van der Waals surface area contributed by atoms with Crippen molar-refractivity contribution in [2.24, 2.45) is 5.41 Å². The second-order valence-electron chi connectivity index (χ2n) is 6.82. The first-order valence-electron chi connectivity index (χ1n) is 7.60. The number of carbonyl (C=O) groups is 2. The number of ether oxygens (including phenoxy) is 1. The number of esters is 1. The summed E-state index contributed by atoms with van der Waals surface area (Å²) in [4.78, 5) is 26.7. The van der Waals surface area contributed by atoms with Crippen molar-refractivity contribution in [1.29, 1.82) is 0 Å². The lowest BCUT2D eigenvalue weighted by Crippen LogP contribution is -2.48. The molecule has 126 valence electrons. The molecule has 0 saturated carbocycles. The Labute approximate surface area is 139 Å². The molecular formula is C17H23NO4S. The number of amides is 1. The molecule has 5 nitrogen and oxygen atoms in total. The molecule has 0 unspecified atom stereocenters. The van der Waals surface area contributed by atoms with E-state index >= 15 is 0 Å². The quantitative estimate of drug-likeness (QED) is 0.790. The van der Waals surface area contributed by atoms with Gasteiger partial charge in [-0.2, -0.15) is 0 Å². The SMILES string of the molecule is C[S@](=O)CC[C@@H]1C(=O)O[C@H](C(C)(C)C)N1C(=O)c1ccccc1. The standard InChI is InChI=1S/C17H23NO4S/c1-17(2,3)16-18(14(19)12-8-6-5-7-9-12)13(15(20)22-16)10-11-23(4)21/h5-9,13,16H,10-11H2,1-4H3/t13-,16-,23+/m1/s1. The van der Waals surface area contributed by atoms with Gasteiger partial charge in [0.25, 0.3) is 5.91 Å². The number of cyclic esters (lactones) is 1. The molecule has 0 bridgehead atoms. The van der Waals surface area contributed by atoms with Crippen LogP contribution in [0.5, 0.6) is 0 Å². The van der Waals surface area contributed by atoms with Gasteiger partial charge in [-0.15, -0.1) is 0 Å². The first-order valence-corrected chi connectivity index (χ1v) is 9.33. The lowest BCUT2D eigenvalue weighted by molar-refractivity contribution is -0.147. The van der Waals surface area contributed by atoms with Gasteiger partial charge in [-0.3, -0.25) is 13.9 Å². The summed E-state index contributed by atoms with van der Waals surface area (Å²) in [6.45, 7) is 5.78. The Bertz CT molecular complexity index is 609. The zero-order valence-corrected chi connectivity index (χ0v) is 14.8. The van der Waals surface area contributed by atoms with Gasteiger partial charge >= 0.3 is 5.97 Å². The van der Waals surface area contributed by atoms with Gasteiger partial charge in [-0.25, -0.2) is 4.79 Å². The van der Waals surface area contributed by atoms with Gasteiger partial charge in [-0.1, -0.05) is 39.0 Å². The topological polar surface area (TPSA) is 63.7 Å².